The summed E-state index contributed by atoms with van der Waals surface area (Å²) in [6, 6.07) is 3.57. The van der Waals surface area contributed by atoms with Crippen molar-refractivity contribution in [3.63, 3.8) is 0 Å². The Labute approximate surface area is 170 Å². The molecule has 8 heteroatoms. The topological polar surface area (TPSA) is 82.2 Å². The van der Waals surface area contributed by atoms with Gasteiger partial charge < -0.3 is 33.6 Å². The van der Waals surface area contributed by atoms with Gasteiger partial charge in [0.05, 0.1) is 46.1 Å². The number of nitrogens with zero attached hydrogens (tertiary/aromatic N) is 1. The molecule has 3 heterocycles. The van der Waals surface area contributed by atoms with Gasteiger partial charge in [0.25, 0.3) is 5.91 Å². The van der Waals surface area contributed by atoms with Crippen molar-refractivity contribution in [1.29, 1.82) is 0 Å². The van der Waals surface area contributed by atoms with Gasteiger partial charge in [-0.05, 0) is 12.5 Å². The van der Waals surface area contributed by atoms with Crippen LogP contribution in [0.4, 0.5) is 0 Å². The highest BCUT2D eigenvalue weighted by atomic mass is 16.6. The number of nitrogens with one attached hydrogen (secondary N) is 1. The predicted octanol–water partition coefficient (Wildman–Crippen LogP) is 2.60. The number of hydrogen-bond donors (Lipinski definition) is 1. The normalized spacial score (nSPS) is 24.3. The smallest absolute Gasteiger partial charge is 0.270 e. The van der Waals surface area contributed by atoms with Crippen LogP contribution in [0.15, 0.2) is 12.1 Å². The molecular formula is C21H28N2O6. The highest BCUT2D eigenvalue weighted by Gasteiger charge is 2.45. The monoisotopic (exact) mass is 404 g/mol. The van der Waals surface area contributed by atoms with Crippen LogP contribution in [0, 0.1) is 0 Å². The van der Waals surface area contributed by atoms with Gasteiger partial charge in [-0.3, -0.25) is 4.79 Å². The Morgan fingerprint density at radius 2 is 2.03 bits per heavy atom. The SMILES string of the molecule is CC[C@H]1CN(C(=O)c2cc3c(OC)cc(OC)c(OC)c3[nH]2)C[C@@]2(CCOC2)O1. The maximum atomic E-state index is 13.4. The van der Waals surface area contributed by atoms with E-state index in [0.717, 1.165) is 18.2 Å². The zero-order chi connectivity index (χ0) is 20.6. The molecule has 1 N–H and O–H groups in total. The van der Waals surface area contributed by atoms with E-state index in [0.29, 0.717) is 54.8 Å². The summed E-state index contributed by atoms with van der Waals surface area (Å²) in [6.45, 7) is 4.35. The van der Waals surface area contributed by atoms with Crippen molar-refractivity contribution in [2.45, 2.75) is 31.5 Å². The molecule has 0 unspecified atom stereocenters. The predicted molar refractivity (Wildman–Crippen MR) is 107 cm³/mol. The molecule has 2 saturated heterocycles. The van der Waals surface area contributed by atoms with Crippen LogP contribution in [0.5, 0.6) is 17.2 Å². The van der Waals surface area contributed by atoms with E-state index in [9.17, 15) is 4.79 Å². The first-order valence-corrected chi connectivity index (χ1v) is 9.90. The van der Waals surface area contributed by atoms with Crippen molar-refractivity contribution in [2.24, 2.45) is 0 Å². The van der Waals surface area contributed by atoms with Crippen LogP contribution in [0.2, 0.25) is 0 Å². The summed E-state index contributed by atoms with van der Waals surface area (Å²) in [4.78, 5) is 18.5. The second-order valence-corrected chi connectivity index (χ2v) is 7.61. The van der Waals surface area contributed by atoms with Crippen LogP contribution in [0.25, 0.3) is 10.9 Å². The van der Waals surface area contributed by atoms with Gasteiger partial charge in [0, 0.05) is 31.0 Å². The molecular weight excluding hydrogens is 376 g/mol. The zero-order valence-corrected chi connectivity index (χ0v) is 17.4. The third kappa shape index (κ3) is 3.40. The molecule has 2 atom stereocenters. The third-order valence-electron chi connectivity index (χ3n) is 5.80. The Bertz CT molecular complexity index is 902. The first-order chi connectivity index (χ1) is 14.0. The Morgan fingerprint density at radius 1 is 1.24 bits per heavy atom. The second-order valence-electron chi connectivity index (χ2n) is 7.61. The van der Waals surface area contributed by atoms with Gasteiger partial charge >= 0.3 is 0 Å². The summed E-state index contributed by atoms with van der Waals surface area (Å²) >= 11 is 0. The summed E-state index contributed by atoms with van der Waals surface area (Å²) in [5.74, 6) is 1.62. The van der Waals surface area contributed by atoms with E-state index in [-0.39, 0.29) is 12.0 Å². The molecule has 158 valence electrons. The third-order valence-corrected chi connectivity index (χ3v) is 5.80. The molecule has 29 heavy (non-hydrogen) atoms. The number of carbonyl (C=O) groups excluding carboxylic acids is 1. The molecule has 0 radical (unpaired) electrons. The van der Waals surface area contributed by atoms with E-state index in [1.165, 1.54) is 0 Å². The number of amides is 1. The summed E-state index contributed by atoms with van der Waals surface area (Å²) < 4.78 is 28.3. The number of carbonyl (C=O) groups is 1. The van der Waals surface area contributed by atoms with E-state index in [1.54, 1.807) is 27.4 Å². The van der Waals surface area contributed by atoms with Gasteiger partial charge in [0.2, 0.25) is 0 Å². The highest BCUT2D eigenvalue weighted by molar-refractivity contribution is 6.02. The van der Waals surface area contributed by atoms with Gasteiger partial charge in [0.15, 0.2) is 11.5 Å². The van der Waals surface area contributed by atoms with Crippen molar-refractivity contribution in [3.8, 4) is 17.2 Å². The Hall–Kier alpha value is -2.45. The fourth-order valence-electron chi connectivity index (χ4n) is 4.28. The van der Waals surface area contributed by atoms with Gasteiger partial charge in [-0.1, -0.05) is 6.92 Å². The first-order valence-electron chi connectivity index (χ1n) is 9.90. The number of methoxy groups -OCH3 is 3. The number of aromatic amines is 1. The number of rotatable bonds is 5. The molecule has 1 aromatic heterocycles. The van der Waals surface area contributed by atoms with Gasteiger partial charge in [-0.2, -0.15) is 0 Å². The summed E-state index contributed by atoms with van der Waals surface area (Å²) in [6.07, 6.45) is 1.65. The molecule has 1 aromatic carbocycles. The summed E-state index contributed by atoms with van der Waals surface area (Å²) in [5, 5.41) is 0.771. The van der Waals surface area contributed by atoms with Gasteiger partial charge in [-0.15, -0.1) is 0 Å². The second kappa shape index (κ2) is 7.76. The lowest BCUT2D eigenvalue weighted by Gasteiger charge is -2.43. The first kappa shape index (κ1) is 19.8. The number of fused-ring (bicyclic) bond motifs is 1. The van der Waals surface area contributed by atoms with Crippen molar-refractivity contribution in [2.75, 3.05) is 47.6 Å². The lowest BCUT2D eigenvalue weighted by molar-refractivity contribution is -0.145. The van der Waals surface area contributed by atoms with Crippen LogP contribution < -0.4 is 14.2 Å². The lowest BCUT2D eigenvalue weighted by atomic mass is 9.98. The fourth-order valence-corrected chi connectivity index (χ4v) is 4.28. The Balaban J connectivity index is 1.71. The molecule has 0 aliphatic carbocycles. The Morgan fingerprint density at radius 3 is 2.66 bits per heavy atom. The number of H-pyrrole nitrogens is 1. The molecule has 2 aliphatic heterocycles. The summed E-state index contributed by atoms with van der Waals surface area (Å²) in [5.41, 5.74) is 0.751. The molecule has 0 bridgehead atoms. The van der Waals surface area contributed by atoms with Gasteiger partial charge in [-0.25, -0.2) is 0 Å². The fraction of sp³-hybridized carbons (Fsp3) is 0.571. The van der Waals surface area contributed by atoms with Crippen molar-refractivity contribution in [3.05, 3.63) is 17.8 Å². The molecule has 1 amide bonds. The van der Waals surface area contributed by atoms with E-state index >= 15 is 0 Å². The maximum absolute atomic E-state index is 13.4. The minimum Gasteiger partial charge on any atom is -0.496 e. The van der Waals surface area contributed by atoms with Crippen molar-refractivity contribution < 1.29 is 28.5 Å². The highest BCUT2D eigenvalue weighted by Crippen LogP contribution is 2.41. The lowest BCUT2D eigenvalue weighted by Crippen LogP contribution is -2.57. The van der Waals surface area contributed by atoms with Crippen LogP contribution >= 0.6 is 0 Å². The minimum absolute atomic E-state index is 0.00273. The molecule has 4 rings (SSSR count). The van der Waals surface area contributed by atoms with Crippen LogP contribution in [-0.4, -0.2) is 75.1 Å². The van der Waals surface area contributed by atoms with E-state index < -0.39 is 5.60 Å². The standard InChI is InChI=1S/C21H28N2O6/c1-5-13-10-23(11-21(29-13)6-7-28-12-21)20(24)15-8-14-16(25-2)9-17(26-3)19(27-4)18(14)22-15/h8-9,13,22H,5-7,10-12H2,1-4H3/t13-,21+/m0/s1. The molecule has 2 aromatic rings. The van der Waals surface area contributed by atoms with E-state index in [4.69, 9.17) is 23.7 Å². The molecule has 2 fully saturated rings. The summed E-state index contributed by atoms with van der Waals surface area (Å²) in [7, 11) is 4.73. The molecule has 2 aliphatic rings. The largest absolute Gasteiger partial charge is 0.496 e. The van der Waals surface area contributed by atoms with Crippen LogP contribution in [0.1, 0.15) is 30.3 Å². The number of morpholine rings is 1. The quantitative estimate of drug-likeness (QED) is 0.825. The maximum Gasteiger partial charge on any atom is 0.270 e. The van der Waals surface area contributed by atoms with E-state index in [1.807, 2.05) is 11.0 Å². The molecule has 8 nitrogen and oxygen atoms in total. The number of ether oxygens (including phenoxy) is 5. The van der Waals surface area contributed by atoms with Crippen LogP contribution in [-0.2, 0) is 9.47 Å². The minimum atomic E-state index is -0.404. The van der Waals surface area contributed by atoms with E-state index in [2.05, 4.69) is 11.9 Å². The number of benzene rings is 1. The average molecular weight is 404 g/mol. The molecule has 1 spiro atoms. The molecule has 0 saturated carbocycles. The number of aromatic nitrogens is 1. The zero-order valence-electron chi connectivity index (χ0n) is 17.4. The van der Waals surface area contributed by atoms with Gasteiger partial charge in [0.1, 0.15) is 17.0 Å². The Kier molecular flexibility index (Phi) is 5.31. The van der Waals surface area contributed by atoms with Crippen molar-refractivity contribution >= 4 is 16.8 Å². The van der Waals surface area contributed by atoms with Crippen LogP contribution in [0.3, 0.4) is 0 Å². The average Bonchev–Trinajstić information content (AvgIpc) is 3.38. The van der Waals surface area contributed by atoms with Crippen molar-refractivity contribution in [1.82, 2.24) is 9.88 Å². The number of hydrogen-bond acceptors (Lipinski definition) is 6.